The molecule has 166 valence electrons. The molecular formula is C25H26ClN3O3. The first-order valence-corrected chi connectivity index (χ1v) is 11.2. The molecule has 0 saturated carbocycles. The normalized spacial score (nSPS) is 17.4. The Labute approximate surface area is 192 Å². The topological polar surface area (TPSA) is 69.7 Å². The highest BCUT2D eigenvalue weighted by molar-refractivity contribution is 6.53. The summed E-state index contributed by atoms with van der Waals surface area (Å²) >= 11 is 6.25. The molecule has 0 bridgehead atoms. The summed E-state index contributed by atoms with van der Waals surface area (Å²) in [6.07, 6.45) is 2.04. The van der Waals surface area contributed by atoms with Gasteiger partial charge in [-0.3, -0.25) is 14.4 Å². The number of piperidine rings is 1. The average molecular weight is 452 g/mol. The molecule has 3 amide bonds. The van der Waals surface area contributed by atoms with E-state index in [-0.39, 0.29) is 16.6 Å². The lowest BCUT2D eigenvalue weighted by molar-refractivity contribution is -0.120. The highest BCUT2D eigenvalue weighted by Crippen LogP contribution is 2.33. The number of nitrogens with zero attached hydrogens (tertiary/aromatic N) is 2. The SMILES string of the molecule is Cc1cccc(N2C(=O)C(Cl)=C(Nc3ccc(C(=O)N4CCC(C)CC4)cc3)C2=O)c1C. The van der Waals surface area contributed by atoms with Crippen molar-refractivity contribution in [2.75, 3.05) is 23.3 Å². The Hall–Kier alpha value is -3.12. The minimum atomic E-state index is -0.556. The third kappa shape index (κ3) is 4.02. The predicted molar refractivity (Wildman–Crippen MR) is 126 cm³/mol. The summed E-state index contributed by atoms with van der Waals surface area (Å²) in [5, 5.41) is 2.81. The molecule has 0 spiro atoms. The summed E-state index contributed by atoms with van der Waals surface area (Å²) in [6.45, 7) is 7.54. The molecule has 2 aliphatic heterocycles. The van der Waals surface area contributed by atoms with Crippen molar-refractivity contribution in [3.8, 4) is 0 Å². The van der Waals surface area contributed by atoms with Crippen LogP contribution in [0, 0.1) is 19.8 Å². The maximum Gasteiger partial charge on any atom is 0.283 e. The molecule has 6 nitrogen and oxygen atoms in total. The summed E-state index contributed by atoms with van der Waals surface area (Å²) in [6, 6.07) is 12.3. The number of hydrogen-bond acceptors (Lipinski definition) is 4. The van der Waals surface area contributed by atoms with Crippen LogP contribution in [-0.4, -0.2) is 35.7 Å². The molecular weight excluding hydrogens is 426 g/mol. The molecule has 2 heterocycles. The summed E-state index contributed by atoms with van der Waals surface area (Å²) < 4.78 is 0. The molecule has 0 aromatic heterocycles. The minimum Gasteiger partial charge on any atom is -0.350 e. The number of aryl methyl sites for hydroxylation is 1. The van der Waals surface area contributed by atoms with Gasteiger partial charge in [-0.05, 0) is 74.1 Å². The zero-order valence-corrected chi connectivity index (χ0v) is 19.2. The molecule has 7 heteroatoms. The first-order chi connectivity index (χ1) is 15.3. The Kier molecular flexibility index (Phi) is 6.07. The smallest absolute Gasteiger partial charge is 0.283 e. The second-order valence-electron chi connectivity index (χ2n) is 8.53. The number of carbonyl (C=O) groups is 3. The fourth-order valence-corrected chi connectivity index (χ4v) is 4.26. The van der Waals surface area contributed by atoms with Gasteiger partial charge >= 0.3 is 0 Å². The molecule has 2 aromatic rings. The predicted octanol–water partition coefficient (Wildman–Crippen LogP) is 4.61. The van der Waals surface area contributed by atoms with E-state index < -0.39 is 11.8 Å². The number of nitrogens with one attached hydrogen (secondary N) is 1. The quantitative estimate of drug-likeness (QED) is 0.689. The number of benzene rings is 2. The third-order valence-corrected chi connectivity index (χ3v) is 6.67. The van der Waals surface area contributed by atoms with Gasteiger partial charge in [-0.2, -0.15) is 0 Å². The van der Waals surface area contributed by atoms with E-state index in [1.54, 1.807) is 36.4 Å². The number of halogens is 1. The van der Waals surface area contributed by atoms with E-state index in [9.17, 15) is 14.4 Å². The van der Waals surface area contributed by atoms with Crippen LogP contribution in [0.3, 0.4) is 0 Å². The molecule has 1 N–H and O–H groups in total. The highest BCUT2D eigenvalue weighted by atomic mass is 35.5. The zero-order valence-electron chi connectivity index (χ0n) is 18.4. The van der Waals surface area contributed by atoms with Crippen LogP contribution < -0.4 is 10.2 Å². The van der Waals surface area contributed by atoms with Crippen molar-refractivity contribution in [1.29, 1.82) is 0 Å². The molecule has 2 aromatic carbocycles. The molecule has 0 aliphatic carbocycles. The van der Waals surface area contributed by atoms with Gasteiger partial charge < -0.3 is 10.2 Å². The van der Waals surface area contributed by atoms with E-state index in [1.807, 2.05) is 24.8 Å². The van der Waals surface area contributed by atoms with Crippen molar-refractivity contribution < 1.29 is 14.4 Å². The fraction of sp³-hybridized carbons (Fsp3) is 0.320. The number of rotatable bonds is 4. The molecule has 1 fully saturated rings. The van der Waals surface area contributed by atoms with Crippen LogP contribution in [0.4, 0.5) is 11.4 Å². The van der Waals surface area contributed by atoms with Gasteiger partial charge in [-0.15, -0.1) is 0 Å². The maximum atomic E-state index is 13.0. The van der Waals surface area contributed by atoms with E-state index >= 15 is 0 Å². The van der Waals surface area contributed by atoms with E-state index in [2.05, 4.69) is 12.2 Å². The fourth-order valence-electron chi connectivity index (χ4n) is 4.04. The molecule has 0 unspecified atom stereocenters. The van der Waals surface area contributed by atoms with Gasteiger partial charge in [0.15, 0.2) is 0 Å². The van der Waals surface area contributed by atoms with Crippen LogP contribution in [0.1, 0.15) is 41.3 Å². The van der Waals surface area contributed by atoms with Crippen molar-refractivity contribution in [3.05, 3.63) is 69.9 Å². The van der Waals surface area contributed by atoms with E-state index in [0.717, 1.165) is 42.0 Å². The monoisotopic (exact) mass is 451 g/mol. The second kappa shape index (κ2) is 8.79. The number of hydrogen-bond donors (Lipinski definition) is 1. The second-order valence-corrected chi connectivity index (χ2v) is 8.91. The van der Waals surface area contributed by atoms with Crippen LogP contribution in [0.5, 0.6) is 0 Å². The van der Waals surface area contributed by atoms with Crippen molar-refractivity contribution in [1.82, 2.24) is 4.90 Å². The van der Waals surface area contributed by atoms with Gasteiger partial charge in [-0.1, -0.05) is 30.7 Å². The van der Waals surface area contributed by atoms with Gasteiger partial charge in [-0.25, -0.2) is 4.90 Å². The van der Waals surface area contributed by atoms with E-state index in [0.29, 0.717) is 22.9 Å². The molecule has 2 aliphatic rings. The average Bonchev–Trinajstić information content (AvgIpc) is 2.99. The van der Waals surface area contributed by atoms with Crippen LogP contribution >= 0.6 is 11.6 Å². The van der Waals surface area contributed by atoms with Crippen LogP contribution in [0.15, 0.2) is 53.2 Å². The Bertz CT molecular complexity index is 1120. The van der Waals surface area contributed by atoms with E-state index in [1.165, 1.54) is 0 Å². The van der Waals surface area contributed by atoms with Crippen LogP contribution in [0.25, 0.3) is 0 Å². The van der Waals surface area contributed by atoms with Gasteiger partial charge in [0.2, 0.25) is 0 Å². The number of likely N-dealkylation sites (tertiary alicyclic amines) is 1. The van der Waals surface area contributed by atoms with Crippen molar-refractivity contribution in [2.45, 2.75) is 33.6 Å². The maximum absolute atomic E-state index is 13.0. The Morgan fingerprint density at radius 1 is 1.00 bits per heavy atom. The minimum absolute atomic E-state index is 0.00826. The van der Waals surface area contributed by atoms with Crippen LogP contribution in [0.2, 0.25) is 0 Å². The van der Waals surface area contributed by atoms with Gasteiger partial charge in [0, 0.05) is 24.3 Å². The lowest BCUT2D eigenvalue weighted by Crippen LogP contribution is -2.37. The van der Waals surface area contributed by atoms with Gasteiger partial charge in [0.05, 0.1) is 5.69 Å². The van der Waals surface area contributed by atoms with E-state index in [4.69, 9.17) is 11.6 Å². The summed E-state index contributed by atoms with van der Waals surface area (Å²) in [4.78, 5) is 41.5. The molecule has 32 heavy (non-hydrogen) atoms. The highest BCUT2D eigenvalue weighted by Gasteiger charge is 2.39. The summed E-state index contributed by atoms with van der Waals surface area (Å²) in [5.41, 5.74) is 3.54. The lowest BCUT2D eigenvalue weighted by Gasteiger charge is -2.30. The van der Waals surface area contributed by atoms with Crippen molar-refractivity contribution in [3.63, 3.8) is 0 Å². The lowest BCUT2D eigenvalue weighted by atomic mass is 9.98. The first-order valence-electron chi connectivity index (χ1n) is 10.8. The Balaban J connectivity index is 1.50. The standard InChI is InChI=1S/C25H26ClN3O3/c1-15-11-13-28(14-12-15)23(30)18-7-9-19(10-8-18)27-22-21(26)24(31)29(25(22)32)20-6-4-5-16(2)17(20)3/h4-10,15,27H,11-14H2,1-3H3. The van der Waals surface area contributed by atoms with Crippen LogP contribution in [-0.2, 0) is 9.59 Å². The molecule has 0 radical (unpaired) electrons. The molecule has 0 atom stereocenters. The summed E-state index contributed by atoms with van der Waals surface area (Å²) in [5.74, 6) is -0.400. The first kappa shape index (κ1) is 22.1. The number of amides is 3. The Morgan fingerprint density at radius 2 is 1.66 bits per heavy atom. The van der Waals surface area contributed by atoms with Gasteiger partial charge in [0.25, 0.3) is 17.7 Å². The molecule has 4 rings (SSSR count). The summed E-state index contributed by atoms with van der Waals surface area (Å²) in [7, 11) is 0. The zero-order chi connectivity index (χ0) is 23.0. The van der Waals surface area contributed by atoms with Crippen molar-refractivity contribution in [2.24, 2.45) is 5.92 Å². The number of carbonyl (C=O) groups excluding carboxylic acids is 3. The largest absolute Gasteiger partial charge is 0.350 e. The third-order valence-electron chi connectivity index (χ3n) is 6.32. The number of imide groups is 1. The van der Waals surface area contributed by atoms with Crippen molar-refractivity contribution >= 4 is 40.7 Å². The van der Waals surface area contributed by atoms with Gasteiger partial charge in [0.1, 0.15) is 10.7 Å². The Morgan fingerprint density at radius 3 is 2.31 bits per heavy atom. The molecule has 1 saturated heterocycles. The number of anilines is 2.